The third kappa shape index (κ3) is 1.97. The third-order valence-corrected chi connectivity index (χ3v) is 3.53. The van der Waals surface area contributed by atoms with Crippen molar-refractivity contribution < 1.29 is 0 Å². The molecule has 0 unspecified atom stereocenters. The van der Waals surface area contributed by atoms with E-state index in [0.717, 1.165) is 17.5 Å². The lowest BCUT2D eigenvalue weighted by Gasteiger charge is -2.12. The minimum atomic E-state index is -0.0751. The topological polar surface area (TPSA) is 48.0 Å². The van der Waals surface area contributed by atoms with Gasteiger partial charge in [0.05, 0.1) is 5.69 Å². The van der Waals surface area contributed by atoms with E-state index in [1.54, 1.807) is 4.57 Å². The first-order valence-corrected chi connectivity index (χ1v) is 6.70. The molecule has 0 atom stereocenters. The zero-order valence-electron chi connectivity index (χ0n) is 11.3. The van der Waals surface area contributed by atoms with Gasteiger partial charge in [-0.05, 0) is 41.6 Å². The Bertz CT molecular complexity index is 834. The molecular formula is C17H16N2O. The number of hydrogen-bond donors (Lipinski definition) is 1. The van der Waals surface area contributed by atoms with E-state index in [9.17, 15) is 4.79 Å². The largest absolute Gasteiger partial charge is 0.385 e. The molecule has 2 N–H and O–H groups in total. The van der Waals surface area contributed by atoms with Crippen LogP contribution in [0.1, 0.15) is 12.5 Å². The molecule has 0 aliphatic rings. The Hall–Kier alpha value is -2.55. The first-order valence-electron chi connectivity index (χ1n) is 6.70. The molecule has 0 aliphatic heterocycles. The van der Waals surface area contributed by atoms with Gasteiger partial charge in [-0.25, -0.2) is 0 Å². The van der Waals surface area contributed by atoms with Gasteiger partial charge in [-0.15, -0.1) is 0 Å². The van der Waals surface area contributed by atoms with Gasteiger partial charge in [0.1, 0.15) is 5.82 Å². The quantitative estimate of drug-likeness (QED) is 0.773. The minimum Gasteiger partial charge on any atom is -0.385 e. The number of anilines is 1. The van der Waals surface area contributed by atoms with Crippen molar-refractivity contribution in [2.45, 2.75) is 13.3 Å². The summed E-state index contributed by atoms with van der Waals surface area (Å²) in [5.41, 5.74) is 8.00. The van der Waals surface area contributed by atoms with Crippen LogP contribution in [0, 0.1) is 0 Å². The number of nitrogens with two attached hydrogens (primary N) is 1. The fourth-order valence-electron chi connectivity index (χ4n) is 2.46. The van der Waals surface area contributed by atoms with Crippen LogP contribution in [0.25, 0.3) is 16.5 Å². The summed E-state index contributed by atoms with van der Waals surface area (Å²) in [5.74, 6) is 0.460. The highest BCUT2D eigenvalue weighted by Crippen LogP contribution is 2.18. The molecule has 100 valence electrons. The molecule has 0 aliphatic carbocycles. The molecule has 1 heterocycles. The third-order valence-electron chi connectivity index (χ3n) is 3.53. The molecule has 0 saturated heterocycles. The monoisotopic (exact) mass is 264 g/mol. The Balaban J connectivity index is 2.33. The number of hydrogen-bond acceptors (Lipinski definition) is 2. The molecule has 3 rings (SSSR count). The van der Waals surface area contributed by atoms with E-state index in [-0.39, 0.29) is 5.56 Å². The highest BCUT2D eigenvalue weighted by molar-refractivity contribution is 5.84. The Labute approximate surface area is 117 Å². The lowest BCUT2D eigenvalue weighted by Crippen LogP contribution is -2.21. The van der Waals surface area contributed by atoms with Crippen molar-refractivity contribution >= 4 is 16.6 Å². The zero-order valence-corrected chi connectivity index (χ0v) is 11.3. The van der Waals surface area contributed by atoms with Crippen LogP contribution < -0.4 is 11.3 Å². The van der Waals surface area contributed by atoms with Crippen LogP contribution in [0.3, 0.4) is 0 Å². The second-order valence-electron chi connectivity index (χ2n) is 4.82. The van der Waals surface area contributed by atoms with Crippen LogP contribution in [-0.4, -0.2) is 4.57 Å². The van der Waals surface area contributed by atoms with E-state index in [0.29, 0.717) is 11.2 Å². The zero-order chi connectivity index (χ0) is 14.1. The first-order chi connectivity index (χ1) is 9.70. The van der Waals surface area contributed by atoms with Crippen molar-refractivity contribution in [2.24, 2.45) is 0 Å². The number of benzene rings is 2. The molecular weight excluding hydrogens is 248 g/mol. The van der Waals surface area contributed by atoms with Crippen LogP contribution in [0.4, 0.5) is 5.82 Å². The van der Waals surface area contributed by atoms with E-state index < -0.39 is 0 Å². The molecule has 0 saturated carbocycles. The van der Waals surface area contributed by atoms with Crippen molar-refractivity contribution in [3.05, 3.63) is 70.5 Å². The summed E-state index contributed by atoms with van der Waals surface area (Å²) in [6.45, 7) is 2.09. The summed E-state index contributed by atoms with van der Waals surface area (Å²) >= 11 is 0. The van der Waals surface area contributed by atoms with Gasteiger partial charge in [-0.1, -0.05) is 37.3 Å². The van der Waals surface area contributed by atoms with Crippen LogP contribution in [-0.2, 0) is 6.42 Å². The molecule has 3 aromatic rings. The molecule has 0 radical (unpaired) electrons. The summed E-state index contributed by atoms with van der Waals surface area (Å²) in [5, 5.41) is 1.56. The summed E-state index contributed by atoms with van der Waals surface area (Å²) in [6.07, 6.45) is 0.927. The average molecular weight is 264 g/mol. The van der Waals surface area contributed by atoms with Gasteiger partial charge in [0.25, 0.3) is 5.56 Å². The maximum absolute atomic E-state index is 12.6. The number of aryl methyl sites for hydroxylation is 1. The summed E-state index contributed by atoms with van der Waals surface area (Å²) < 4.78 is 1.57. The number of pyridine rings is 1. The Kier molecular flexibility index (Phi) is 3.03. The van der Waals surface area contributed by atoms with Gasteiger partial charge in [0.2, 0.25) is 0 Å². The average Bonchev–Trinajstić information content (AvgIpc) is 2.47. The number of fused-ring (bicyclic) bond motifs is 1. The lowest BCUT2D eigenvalue weighted by atomic mass is 10.1. The molecule has 0 amide bonds. The second kappa shape index (κ2) is 4.85. The fraction of sp³-hybridized carbons (Fsp3) is 0.118. The molecule has 0 bridgehead atoms. The maximum atomic E-state index is 12.6. The number of rotatable bonds is 2. The van der Waals surface area contributed by atoms with Gasteiger partial charge >= 0.3 is 0 Å². The number of nitrogens with zero attached hydrogens (tertiary/aromatic N) is 1. The van der Waals surface area contributed by atoms with Gasteiger partial charge in [0, 0.05) is 5.39 Å². The Morgan fingerprint density at radius 1 is 1.05 bits per heavy atom. The summed E-state index contributed by atoms with van der Waals surface area (Å²) in [4.78, 5) is 12.6. The van der Waals surface area contributed by atoms with Crippen LogP contribution in [0.15, 0.2) is 59.4 Å². The molecule has 3 heteroatoms. The Morgan fingerprint density at radius 2 is 1.85 bits per heavy atom. The fourth-order valence-corrected chi connectivity index (χ4v) is 2.46. The van der Waals surface area contributed by atoms with E-state index >= 15 is 0 Å². The smallest absolute Gasteiger partial charge is 0.264 e. The SMILES string of the molecule is CCc1cccc(-n2c(N)cc3ccccc3c2=O)c1. The summed E-state index contributed by atoms with van der Waals surface area (Å²) in [6, 6.07) is 17.3. The molecule has 3 nitrogen and oxygen atoms in total. The molecule has 2 aromatic carbocycles. The van der Waals surface area contributed by atoms with Crippen molar-refractivity contribution in [1.29, 1.82) is 0 Å². The predicted octanol–water partition coefficient (Wildman–Crippen LogP) is 3.14. The standard InChI is InChI=1S/C17H16N2O/c1-2-12-6-5-8-14(10-12)19-16(18)11-13-7-3-4-9-15(13)17(19)20/h3-11H,2,18H2,1H3. The van der Waals surface area contributed by atoms with Crippen molar-refractivity contribution in [2.75, 3.05) is 5.73 Å². The van der Waals surface area contributed by atoms with Gasteiger partial charge in [-0.2, -0.15) is 0 Å². The number of nitrogen functional groups attached to an aromatic ring is 1. The molecule has 1 aromatic heterocycles. The van der Waals surface area contributed by atoms with Crippen LogP contribution >= 0.6 is 0 Å². The normalized spacial score (nSPS) is 10.8. The second-order valence-corrected chi connectivity index (χ2v) is 4.82. The molecule has 20 heavy (non-hydrogen) atoms. The predicted molar refractivity (Wildman–Crippen MR) is 83.3 cm³/mol. The van der Waals surface area contributed by atoms with Gasteiger partial charge in [-0.3, -0.25) is 9.36 Å². The molecule has 0 spiro atoms. The van der Waals surface area contributed by atoms with Crippen molar-refractivity contribution in [3.63, 3.8) is 0 Å². The van der Waals surface area contributed by atoms with Gasteiger partial charge in [0.15, 0.2) is 0 Å². The lowest BCUT2D eigenvalue weighted by molar-refractivity contribution is 1.01. The van der Waals surface area contributed by atoms with E-state index in [1.807, 2.05) is 54.6 Å². The highest BCUT2D eigenvalue weighted by atomic mass is 16.1. The van der Waals surface area contributed by atoms with Crippen molar-refractivity contribution in [1.82, 2.24) is 4.57 Å². The van der Waals surface area contributed by atoms with Crippen molar-refractivity contribution in [3.8, 4) is 5.69 Å². The van der Waals surface area contributed by atoms with Crippen LogP contribution in [0.5, 0.6) is 0 Å². The van der Waals surface area contributed by atoms with E-state index in [4.69, 9.17) is 5.73 Å². The Morgan fingerprint density at radius 3 is 2.65 bits per heavy atom. The molecule has 0 fully saturated rings. The first kappa shape index (κ1) is 12.5. The van der Waals surface area contributed by atoms with Gasteiger partial charge < -0.3 is 5.73 Å². The highest BCUT2D eigenvalue weighted by Gasteiger charge is 2.08. The number of aromatic nitrogens is 1. The maximum Gasteiger partial charge on any atom is 0.264 e. The van der Waals surface area contributed by atoms with E-state index in [1.165, 1.54) is 5.56 Å². The minimum absolute atomic E-state index is 0.0751. The van der Waals surface area contributed by atoms with E-state index in [2.05, 4.69) is 6.92 Å². The summed E-state index contributed by atoms with van der Waals surface area (Å²) in [7, 11) is 0. The van der Waals surface area contributed by atoms with Crippen LogP contribution in [0.2, 0.25) is 0 Å².